The Hall–Kier alpha value is -1.52. The van der Waals surface area contributed by atoms with E-state index in [4.69, 9.17) is 23.2 Å². The van der Waals surface area contributed by atoms with Gasteiger partial charge in [0.2, 0.25) is 5.95 Å². The molecule has 122 valence electrons. The van der Waals surface area contributed by atoms with Crippen molar-refractivity contribution in [3.63, 3.8) is 0 Å². The monoisotopic (exact) mass is 350 g/mol. The average Bonchev–Trinajstić information content (AvgIpc) is 3.25. The number of benzene rings is 1. The Kier molecular flexibility index (Phi) is 4.39. The molecule has 1 fully saturated rings. The molecule has 23 heavy (non-hydrogen) atoms. The molecule has 3 rings (SSSR count). The molecule has 2 N–H and O–H groups in total. The van der Waals surface area contributed by atoms with Crippen LogP contribution in [0.15, 0.2) is 24.3 Å². The normalized spacial score (nSPS) is 14.7. The van der Waals surface area contributed by atoms with E-state index in [9.17, 15) is 0 Å². The van der Waals surface area contributed by atoms with Crippen LogP contribution in [0.5, 0.6) is 0 Å². The first-order valence-electron chi connectivity index (χ1n) is 7.69. The molecule has 0 radical (unpaired) electrons. The number of rotatable bonds is 4. The highest BCUT2D eigenvalue weighted by Gasteiger charge is 2.26. The Morgan fingerprint density at radius 1 is 1.04 bits per heavy atom. The molecule has 0 atom stereocenters. The van der Waals surface area contributed by atoms with E-state index in [2.05, 4.69) is 41.4 Å². The van der Waals surface area contributed by atoms with E-state index in [0.717, 1.165) is 17.2 Å². The van der Waals surface area contributed by atoms with Gasteiger partial charge < -0.3 is 10.6 Å². The van der Waals surface area contributed by atoms with Gasteiger partial charge in [-0.25, -0.2) is 4.98 Å². The summed E-state index contributed by atoms with van der Waals surface area (Å²) in [6.07, 6.45) is 2.39. The number of nitrogens with zero attached hydrogens (tertiary/aromatic N) is 2. The van der Waals surface area contributed by atoms with Crippen LogP contribution in [0.25, 0.3) is 0 Å². The van der Waals surface area contributed by atoms with E-state index in [-0.39, 0.29) is 5.54 Å². The van der Waals surface area contributed by atoms with Gasteiger partial charge in [-0.05, 0) is 51.8 Å². The standard InChI is InChI=1S/C17H20Cl2N4/c1-17(2,3)23-16-21-14(10-4-5-10)9-15(22-16)20-11-6-7-12(18)13(19)8-11/h6-10H,4-5H2,1-3H3,(H2,20,21,22,23). The van der Waals surface area contributed by atoms with Crippen LogP contribution in [0.3, 0.4) is 0 Å². The van der Waals surface area contributed by atoms with E-state index in [1.54, 1.807) is 12.1 Å². The minimum Gasteiger partial charge on any atom is -0.350 e. The van der Waals surface area contributed by atoms with E-state index in [1.165, 1.54) is 12.8 Å². The van der Waals surface area contributed by atoms with E-state index in [0.29, 0.717) is 21.9 Å². The van der Waals surface area contributed by atoms with Crippen molar-refractivity contribution < 1.29 is 0 Å². The number of hydrogen-bond acceptors (Lipinski definition) is 4. The second kappa shape index (κ2) is 6.17. The van der Waals surface area contributed by atoms with Crippen molar-refractivity contribution >= 4 is 40.7 Å². The first-order valence-corrected chi connectivity index (χ1v) is 8.45. The molecule has 0 bridgehead atoms. The molecule has 4 nitrogen and oxygen atoms in total. The Morgan fingerprint density at radius 2 is 1.78 bits per heavy atom. The van der Waals surface area contributed by atoms with Crippen molar-refractivity contribution in [2.75, 3.05) is 10.6 Å². The van der Waals surface area contributed by atoms with Gasteiger partial charge in [0.1, 0.15) is 5.82 Å². The van der Waals surface area contributed by atoms with Crippen LogP contribution in [-0.2, 0) is 0 Å². The lowest BCUT2D eigenvalue weighted by Gasteiger charge is -2.21. The molecule has 1 saturated carbocycles. The van der Waals surface area contributed by atoms with Crippen molar-refractivity contribution in [2.24, 2.45) is 0 Å². The van der Waals surface area contributed by atoms with Crippen molar-refractivity contribution in [3.8, 4) is 0 Å². The van der Waals surface area contributed by atoms with Crippen LogP contribution in [0.2, 0.25) is 10.0 Å². The largest absolute Gasteiger partial charge is 0.350 e. The lowest BCUT2D eigenvalue weighted by Crippen LogP contribution is -2.27. The predicted octanol–water partition coefficient (Wildman–Crippen LogP) is 5.61. The van der Waals surface area contributed by atoms with Gasteiger partial charge >= 0.3 is 0 Å². The number of nitrogens with one attached hydrogen (secondary N) is 2. The smallest absolute Gasteiger partial charge is 0.225 e. The van der Waals surface area contributed by atoms with Gasteiger partial charge in [-0.2, -0.15) is 4.98 Å². The highest BCUT2D eigenvalue weighted by atomic mass is 35.5. The minimum absolute atomic E-state index is 0.0942. The summed E-state index contributed by atoms with van der Waals surface area (Å²) in [7, 11) is 0. The molecule has 1 aliphatic rings. The van der Waals surface area contributed by atoms with Crippen LogP contribution < -0.4 is 10.6 Å². The highest BCUT2D eigenvalue weighted by Crippen LogP contribution is 2.40. The molecule has 0 unspecified atom stereocenters. The Morgan fingerprint density at radius 3 is 2.39 bits per heavy atom. The fourth-order valence-electron chi connectivity index (χ4n) is 2.23. The summed E-state index contributed by atoms with van der Waals surface area (Å²) >= 11 is 12.0. The summed E-state index contributed by atoms with van der Waals surface area (Å²) in [5, 5.41) is 7.68. The maximum Gasteiger partial charge on any atom is 0.225 e. The first kappa shape index (κ1) is 16.3. The zero-order valence-corrected chi connectivity index (χ0v) is 15.0. The van der Waals surface area contributed by atoms with Gasteiger partial charge in [0.25, 0.3) is 0 Å². The quantitative estimate of drug-likeness (QED) is 0.751. The molecule has 0 saturated heterocycles. The summed E-state index contributed by atoms with van der Waals surface area (Å²) in [6, 6.07) is 7.45. The van der Waals surface area contributed by atoms with Gasteiger partial charge in [0.05, 0.1) is 15.7 Å². The Labute approximate surface area is 146 Å². The minimum atomic E-state index is -0.0942. The summed E-state index contributed by atoms with van der Waals surface area (Å²) in [5.41, 5.74) is 1.83. The zero-order valence-electron chi connectivity index (χ0n) is 13.5. The van der Waals surface area contributed by atoms with E-state index in [1.807, 2.05) is 12.1 Å². The molecule has 6 heteroatoms. The number of anilines is 3. The second-order valence-electron chi connectivity index (χ2n) is 6.90. The molecule has 0 spiro atoms. The molecule has 1 aliphatic carbocycles. The van der Waals surface area contributed by atoms with Gasteiger partial charge in [-0.3, -0.25) is 0 Å². The Bertz CT molecular complexity index is 721. The van der Waals surface area contributed by atoms with Gasteiger partial charge in [0, 0.05) is 23.2 Å². The number of hydrogen-bond donors (Lipinski definition) is 2. The lowest BCUT2D eigenvalue weighted by molar-refractivity contribution is 0.625. The van der Waals surface area contributed by atoms with E-state index < -0.39 is 0 Å². The summed E-state index contributed by atoms with van der Waals surface area (Å²) in [5.74, 6) is 1.95. The third kappa shape index (κ3) is 4.49. The van der Waals surface area contributed by atoms with E-state index >= 15 is 0 Å². The van der Waals surface area contributed by atoms with Gasteiger partial charge in [-0.15, -0.1) is 0 Å². The molecule has 2 aromatic rings. The second-order valence-corrected chi connectivity index (χ2v) is 7.72. The van der Waals surface area contributed by atoms with Crippen LogP contribution in [0.1, 0.15) is 45.2 Å². The fraction of sp³-hybridized carbons (Fsp3) is 0.412. The van der Waals surface area contributed by atoms with Crippen molar-refractivity contribution in [3.05, 3.63) is 40.0 Å². The SMILES string of the molecule is CC(C)(C)Nc1nc(Nc2ccc(Cl)c(Cl)c2)cc(C2CC2)n1. The third-order valence-electron chi connectivity index (χ3n) is 3.42. The molecule has 1 aromatic heterocycles. The van der Waals surface area contributed by atoms with Crippen LogP contribution in [0.4, 0.5) is 17.5 Å². The maximum absolute atomic E-state index is 6.07. The molecule has 1 heterocycles. The Balaban J connectivity index is 1.89. The van der Waals surface area contributed by atoms with Crippen LogP contribution >= 0.6 is 23.2 Å². The predicted molar refractivity (Wildman–Crippen MR) is 97.1 cm³/mol. The zero-order chi connectivity index (χ0) is 16.6. The highest BCUT2D eigenvalue weighted by molar-refractivity contribution is 6.42. The molecular formula is C17H20Cl2N4. The average molecular weight is 351 g/mol. The topological polar surface area (TPSA) is 49.8 Å². The third-order valence-corrected chi connectivity index (χ3v) is 4.16. The first-order chi connectivity index (χ1) is 10.8. The van der Waals surface area contributed by atoms with Crippen molar-refractivity contribution in [1.82, 2.24) is 9.97 Å². The fourth-order valence-corrected chi connectivity index (χ4v) is 2.53. The van der Waals surface area contributed by atoms with Crippen molar-refractivity contribution in [2.45, 2.75) is 45.1 Å². The maximum atomic E-state index is 6.07. The summed E-state index contributed by atoms with van der Waals surface area (Å²) in [4.78, 5) is 9.21. The lowest BCUT2D eigenvalue weighted by atomic mass is 10.1. The molecule has 0 aliphatic heterocycles. The van der Waals surface area contributed by atoms with Crippen LogP contribution in [-0.4, -0.2) is 15.5 Å². The van der Waals surface area contributed by atoms with Gasteiger partial charge in [0.15, 0.2) is 0 Å². The summed E-state index contributed by atoms with van der Waals surface area (Å²) < 4.78 is 0. The molecule has 0 amide bonds. The summed E-state index contributed by atoms with van der Waals surface area (Å²) in [6.45, 7) is 6.27. The number of aromatic nitrogens is 2. The van der Waals surface area contributed by atoms with Gasteiger partial charge in [-0.1, -0.05) is 23.2 Å². The number of halogens is 2. The molecule has 1 aromatic carbocycles. The van der Waals surface area contributed by atoms with Crippen LogP contribution in [0, 0.1) is 0 Å². The molecular weight excluding hydrogens is 331 g/mol. The van der Waals surface area contributed by atoms with Crippen molar-refractivity contribution in [1.29, 1.82) is 0 Å².